The van der Waals surface area contributed by atoms with E-state index in [9.17, 15) is 18.4 Å². The van der Waals surface area contributed by atoms with Gasteiger partial charge in [0.05, 0.1) is 18.9 Å². The molecule has 2 amide bonds. The van der Waals surface area contributed by atoms with Crippen LogP contribution in [0.3, 0.4) is 0 Å². The van der Waals surface area contributed by atoms with Crippen molar-refractivity contribution in [1.29, 1.82) is 0 Å². The van der Waals surface area contributed by atoms with Gasteiger partial charge in [0.15, 0.2) is 17.3 Å². The Labute approximate surface area is 164 Å². The molecule has 9 heteroatoms. The number of methoxy groups -OCH3 is 1. The van der Waals surface area contributed by atoms with Gasteiger partial charge in [0.2, 0.25) is 0 Å². The van der Waals surface area contributed by atoms with Crippen LogP contribution in [0.15, 0.2) is 65.3 Å². The van der Waals surface area contributed by atoms with Gasteiger partial charge in [-0.2, -0.15) is 8.78 Å². The van der Waals surface area contributed by atoms with Gasteiger partial charge in [0.1, 0.15) is 0 Å². The molecule has 0 saturated carbocycles. The predicted octanol–water partition coefficient (Wildman–Crippen LogP) is 4.39. The summed E-state index contributed by atoms with van der Waals surface area (Å²) in [5.74, 6) is -1.27. The number of carbonyl (C=O) groups excluding carboxylic acids is 2. The minimum atomic E-state index is -3.12. The van der Waals surface area contributed by atoms with E-state index in [0.29, 0.717) is 11.4 Å². The van der Waals surface area contributed by atoms with E-state index in [-0.39, 0.29) is 22.8 Å². The quantitative estimate of drug-likeness (QED) is 0.612. The smallest absolute Gasteiger partial charge is 0.387 e. The van der Waals surface area contributed by atoms with Gasteiger partial charge in [-0.1, -0.05) is 6.07 Å². The molecule has 0 aliphatic heterocycles. The second-order valence-corrected chi connectivity index (χ2v) is 5.68. The molecule has 0 radical (unpaired) electrons. The topological polar surface area (TPSA) is 89.8 Å². The Kier molecular flexibility index (Phi) is 6.08. The van der Waals surface area contributed by atoms with Crippen molar-refractivity contribution >= 4 is 23.2 Å². The van der Waals surface area contributed by atoms with Crippen molar-refractivity contribution in [3.63, 3.8) is 0 Å². The van der Waals surface area contributed by atoms with Crippen molar-refractivity contribution in [2.45, 2.75) is 6.61 Å². The highest BCUT2D eigenvalue weighted by Crippen LogP contribution is 2.33. The van der Waals surface area contributed by atoms with Crippen LogP contribution >= 0.6 is 0 Å². The van der Waals surface area contributed by atoms with E-state index in [4.69, 9.17) is 9.15 Å². The van der Waals surface area contributed by atoms with Gasteiger partial charge in [0.25, 0.3) is 11.8 Å². The van der Waals surface area contributed by atoms with Gasteiger partial charge >= 0.3 is 6.61 Å². The van der Waals surface area contributed by atoms with Crippen molar-refractivity contribution in [3.05, 3.63) is 72.2 Å². The molecule has 2 aromatic carbocycles. The third kappa shape index (κ3) is 4.89. The van der Waals surface area contributed by atoms with Gasteiger partial charge in [-0.3, -0.25) is 9.59 Å². The van der Waals surface area contributed by atoms with Gasteiger partial charge in [0, 0.05) is 11.4 Å². The number of hydrogen-bond donors (Lipinski definition) is 2. The molecule has 0 bridgehead atoms. The third-order valence-corrected chi connectivity index (χ3v) is 3.80. The van der Waals surface area contributed by atoms with Crippen LogP contribution in [0.25, 0.3) is 0 Å². The average Bonchev–Trinajstić information content (AvgIpc) is 3.24. The normalized spacial score (nSPS) is 10.5. The van der Waals surface area contributed by atoms with Gasteiger partial charge < -0.3 is 24.5 Å². The summed E-state index contributed by atoms with van der Waals surface area (Å²) in [4.78, 5) is 24.5. The van der Waals surface area contributed by atoms with Crippen LogP contribution in [0.4, 0.5) is 20.2 Å². The van der Waals surface area contributed by atoms with Gasteiger partial charge in [-0.05, 0) is 48.5 Å². The molecule has 0 atom stereocenters. The highest BCUT2D eigenvalue weighted by molar-refractivity contribution is 6.07. The molecule has 0 aliphatic carbocycles. The minimum absolute atomic E-state index is 0.00827. The molecule has 0 unspecified atom stereocenters. The van der Waals surface area contributed by atoms with Crippen molar-refractivity contribution in [3.8, 4) is 11.5 Å². The Morgan fingerprint density at radius 1 is 0.931 bits per heavy atom. The lowest BCUT2D eigenvalue weighted by atomic mass is 10.1. The molecule has 0 spiro atoms. The van der Waals surface area contributed by atoms with E-state index in [1.54, 1.807) is 30.3 Å². The Morgan fingerprint density at radius 2 is 1.59 bits per heavy atom. The number of furan rings is 1. The Bertz CT molecular complexity index is 989. The summed E-state index contributed by atoms with van der Waals surface area (Å²) in [7, 11) is 1.28. The summed E-state index contributed by atoms with van der Waals surface area (Å²) >= 11 is 0. The molecule has 0 fully saturated rings. The van der Waals surface area contributed by atoms with Crippen LogP contribution in [0.2, 0.25) is 0 Å². The molecular formula is C20H16F2N2O5. The first-order valence-corrected chi connectivity index (χ1v) is 8.36. The highest BCUT2D eigenvalue weighted by Gasteiger charge is 2.20. The van der Waals surface area contributed by atoms with Crippen LogP contribution in [-0.4, -0.2) is 25.5 Å². The fourth-order valence-electron chi connectivity index (χ4n) is 2.50. The number of alkyl halides is 2. The van der Waals surface area contributed by atoms with Crippen molar-refractivity contribution in [1.82, 2.24) is 0 Å². The lowest BCUT2D eigenvalue weighted by Gasteiger charge is -2.14. The fourth-order valence-corrected chi connectivity index (χ4v) is 2.50. The SMILES string of the molecule is COc1cccc(C(=O)Nc2ccc(NC(=O)c3ccco3)cc2)c1OC(F)F. The van der Waals surface area contributed by atoms with Gasteiger partial charge in [-0.25, -0.2) is 0 Å². The number of halogens is 2. The Balaban J connectivity index is 1.72. The van der Waals surface area contributed by atoms with Gasteiger partial charge in [-0.15, -0.1) is 0 Å². The number of nitrogens with one attached hydrogen (secondary N) is 2. The summed E-state index contributed by atoms with van der Waals surface area (Å²) in [6.07, 6.45) is 1.39. The molecule has 1 aromatic heterocycles. The molecule has 29 heavy (non-hydrogen) atoms. The maximum Gasteiger partial charge on any atom is 0.387 e. The standard InChI is InChI=1S/C20H16F2N2O5/c1-27-15-5-2-4-14(17(15)29-20(21)22)18(25)23-12-7-9-13(10-8-12)24-19(26)16-6-3-11-28-16/h2-11,20H,1H3,(H,23,25)(H,24,26). The Morgan fingerprint density at radius 3 is 2.14 bits per heavy atom. The van der Waals surface area contributed by atoms with Crippen molar-refractivity contribution < 1.29 is 32.3 Å². The van der Waals surface area contributed by atoms with E-state index in [1.807, 2.05) is 0 Å². The molecule has 150 valence electrons. The van der Waals surface area contributed by atoms with Crippen LogP contribution < -0.4 is 20.1 Å². The third-order valence-electron chi connectivity index (χ3n) is 3.80. The number of benzene rings is 2. The monoisotopic (exact) mass is 402 g/mol. The maximum atomic E-state index is 12.7. The van der Waals surface area contributed by atoms with Crippen LogP contribution in [-0.2, 0) is 0 Å². The summed E-state index contributed by atoms with van der Waals surface area (Å²) in [5, 5.41) is 5.22. The molecule has 3 rings (SSSR count). The minimum Gasteiger partial charge on any atom is -0.493 e. The zero-order valence-corrected chi connectivity index (χ0v) is 15.1. The largest absolute Gasteiger partial charge is 0.493 e. The summed E-state index contributed by atoms with van der Waals surface area (Å²) < 4.78 is 39.9. The molecule has 7 nitrogen and oxygen atoms in total. The van der Waals surface area contributed by atoms with E-state index in [0.717, 1.165) is 0 Å². The molecule has 0 saturated heterocycles. The first-order chi connectivity index (χ1) is 14.0. The highest BCUT2D eigenvalue weighted by atomic mass is 19.3. The number of amides is 2. The lowest BCUT2D eigenvalue weighted by molar-refractivity contribution is -0.0515. The summed E-state index contributed by atoms with van der Waals surface area (Å²) in [5.41, 5.74) is 0.754. The van der Waals surface area contributed by atoms with Crippen LogP contribution in [0.5, 0.6) is 11.5 Å². The van der Waals surface area contributed by atoms with E-state index < -0.39 is 18.4 Å². The van der Waals surface area contributed by atoms with Crippen molar-refractivity contribution in [2.75, 3.05) is 17.7 Å². The number of para-hydroxylation sites is 1. The second-order valence-electron chi connectivity index (χ2n) is 5.68. The van der Waals surface area contributed by atoms with E-state index >= 15 is 0 Å². The molecule has 3 aromatic rings. The summed E-state index contributed by atoms with van der Waals surface area (Å²) in [6, 6.07) is 13.6. The van der Waals surface area contributed by atoms with E-state index in [2.05, 4.69) is 15.4 Å². The van der Waals surface area contributed by atoms with Crippen molar-refractivity contribution in [2.24, 2.45) is 0 Å². The zero-order chi connectivity index (χ0) is 20.8. The Hall–Kier alpha value is -3.88. The van der Waals surface area contributed by atoms with E-state index in [1.165, 1.54) is 37.6 Å². The first kappa shape index (κ1) is 19.9. The number of anilines is 2. The predicted molar refractivity (Wildman–Crippen MR) is 101 cm³/mol. The number of ether oxygens (including phenoxy) is 2. The zero-order valence-electron chi connectivity index (χ0n) is 15.1. The molecule has 0 aliphatic rings. The average molecular weight is 402 g/mol. The number of carbonyl (C=O) groups is 2. The summed E-state index contributed by atoms with van der Waals surface area (Å²) in [6.45, 7) is -3.12. The van der Waals surface area contributed by atoms with Crippen LogP contribution in [0, 0.1) is 0 Å². The second kappa shape index (κ2) is 8.87. The fraction of sp³-hybridized carbons (Fsp3) is 0.100. The molecule has 2 N–H and O–H groups in total. The first-order valence-electron chi connectivity index (χ1n) is 8.36. The molecule has 1 heterocycles. The number of hydrogen-bond acceptors (Lipinski definition) is 5. The maximum absolute atomic E-state index is 12.7. The van der Waals surface area contributed by atoms with Crippen LogP contribution in [0.1, 0.15) is 20.9 Å². The lowest BCUT2D eigenvalue weighted by Crippen LogP contribution is -2.16. The number of rotatable bonds is 7. The molecular weight excluding hydrogens is 386 g/mol.